The smallest absolute Gasteiger partial charge is 0.0700 e. The summed E-state index contributed by atoms with van der Waals surface area (Å²) in [6, 6.07) is 8.76. The van der Waals surface area contributed by atoms with Gasteiger partial charge in [-0.1, -0.05) is 18.2 Å². The highest BCUT2D eigenvalue weighted by atomic mass is 14.3. The summed E-state index contributed by atoms with van der Waals surface area (Å²) in [4.78, 5) is 0. The van der Waals surface area contributed by atoms with E-state index < -0.39 is 0 Å². The largest absolute Gasteiger partial charge is 0.198 e. The van der Waals surface area contributed by atoms with Crippen LogP contribution >= 0.6 is 0 Å². The first-order valence-electron chi connectivity index (χ1n) is 4.82. The third kappa shape index (κ3) is 1.45. The van der Waals surface area contributed by atoms with E-state index in [0.717, 1.165) is 0 Å². The fraction of sp³-hybridized carbons (Fsp3) is 0.417. The molecule has 1 heteroatoms. The molecule has 1 nitrogen and oxygen atoms in total. The van der Waals surface area contributed by atoms with Crippen LogP contribution in [0.5, 0.6) is 0 Å². The van der Waals surface area contributed by atoms with Gasteiger partial charge in [-0.25, -0.2) is 0 Å². The van der Waals surface area contributed by atoms with Crippen LogP contribution in [0.2, 0.25) is 0 Å². The number of rotatable bonds is 1. The van der Waals surface area contributed by atoms with Gasteiger partial charge < -0.3 is 0 Å². The van der Waals surface area contributed by atoms with Crippen molar-refractivity contribution in [3.05, 3.63) is 34.9 Å². The molecule has 0 saturated carbocycles. The quantitative estimate of drug-likeness (QED) is 0.637. The van der Waals surface area contributed by atoms with Gasteiger partial charge in [0.05, 0.1) is 12.0 Å². The minimum atomic E-state index is 0.0332. The highest BCUT2D eigenvalue weighted by Gasteiger charge is 2.12. The molecule has 1 aliphatic carbocycles. The summed E-state index contributed by atoms with van der Waals surface area (Å²) >= 11 is 0. The first-order valence-corrected chi connectivity index (χ1v) is 4.82. The van der Waals surface area contributed by atoms with Gasteiger partial charge in [-0.2, -0.15) is 5.26 Å². The molecule has 0 fully saturated rings. The summed E-state index contributed by atoms with van der Waals surface area (Å²) < 4.78 is 0. The van der Waals surface area contributed by atoms with Crippen LogP contribution in [0.4, 0.5) is 0 Å². The van der Waals surface area contributed by atoms with Crippen molar-refractivity contribution in [2.45, 2.75) is 32.1 Å². The second-order valence-corrected chi connectivity index (χ2v) is 3.73. The molecule has 0 radical (unpaired) electrons. The van der Waals surface area contributed by atoms with E-state index in [4.69, 9.17) is 5.26 Å². The van der Waals surface area contributed by atoms with Crippen molar-refractivity contribution in [1.82, 2.24) is 0 Å². The van der Waals surface area contributed by atoms with Gasteiger partial charge in [0.15, 0.2) is 0 Å². The van der Waals surface area contributed by atoms with Crippen LogP contribution < -0.4 is 0 Å². The Hall–Kier alpha value is -1.29. The van der Waals surface area contributed by atoms with Gasteiger partial charge in [0.1, 0.15) is 0 Å². The molecule has 1 atom stereocenters. The van der Waals surface area contributed by atoms with Crippen molar-refractivity contribution in [2.24, 2.45) is 0 Å². The second kappa shape index (κ2) is 3.22. The molecular formula is C12H13N. The standard InChI is InChI=1S/C12H13N/c1-9(8-13)11-6-5-10-3-2-4-12(10)7-11/h5-7,9H,2-4H2,1H3. The molecule has 0 saturated heterocycles. The van der Waals surface area contributed by atoms with Crippen molar-refractivity contribution >= 4 is 0 Å². The van der Waals surface area contributed by atoms with Crippen LogP contribution in [0.3, 0.4) is 0 Å². The predicted molar refractivity (Wildman–Crippen MR) is 52.5 cm³/mol. The molecule has 0 bridgehead atoms. The zero-order chi connectivity index (χ0) is 9.26. The van der Waals surface area contributed by atoms with Crippen molar-refractivity contribution in [3.63, 3.8) is 0 Å². The summed E-state index contributed by atoms with van der Waals surface area (Å²) in [7, 11) is 0. The maximum atomic E-state index is 8.79. The lowest BCUT2D eigenvalue weighted by molar-refractivity contribution is 0.910. The molecule has 0 aromatic heterocycles. The lowest BCUT2D eigenvalue weighted by Gasteiger charge is -2.05. The summed E-state index contributed by atoms with van der Waals surface area (Å²) in [5, 5.41) is 8.79. The molecule has 1 aromatic rings. The maximum Gasteiger partial charge on any atom is 0.0700 e. The minimum absolute atomic E-state index is 0.0332. The predicted octanol–water partition coefficient (Wildman–Crippen LogP) is 2.80. The van der Waals surface area contributed by atoms with E-state index in [0.29, 0.717) is 0 Å². The number of fused-ring (bicyclic) bond motifs is 1. The molecular weight excluding hydrogens is 158 g/mol. The Balaban J connectivity index is 2.37. The summed E-state index contributed by atoms with van der Waals surface area (Å²) in [6.07, 6.45) is 3.69. The zero-order valence-electron chi connectivity index (χ0n) is 7.88. The van der Waals surface area contributed by atoms with Crippen molar-refractivity contribution in [1.29, 1.82) is 5.26 Å². The molecule has 1 aliphatic rings. The zero-order valence-corrected chi connectivity index (χ0v) is 7.88. The third-order valence-corrected chi connectivity index (χ3v) is 2.82. The monoisotopic (exact) mass is 171 g/mol. The molecule has 0 heterocycles. The fourth-order valence-corrected chi connectivity index (χ4v) is 1.94. The second-order valence-electron chi connectivity index (χ2n) is 3.73. The van der Waals surface area contributed by atoms with Gasteiger partial charge in [0.25, 0.3) is 0 Å². The number of nitriles is 1. The number of aryl methyl sites for hydroxylation is 2. The average Bonchev–Trinajstić information content (AvgIpc) is 2.63. The summed E-state index contributed by atoms with van der Waals surface area (Å²) in [5.41, 5.74) is 4.11. The molecule has 13 heavy (non-hydrogen) atoms. The van der Waals surface area contributed by atoms with Crippen LogP contribution in [-0.2, 0) is 12.8 Å². The van der Waals surface area contributed by atoms with Crippen molar-refractivity contribution in [2.75, 3.05) is 0 Å². The van der Waals surface area contributed by atoms with E-state index in [9.17, 15) is 0 Å². The molecule has 1 unspecified atom stereocenters. The van der Waals surface area contributed by atoms with Gasteiger partial charge in [-0.3, -0.25) is 0 Å². The van der Waals surface area contributed by atoms with Gasteiger partial charge >= 0.3 is 0 Å². The van der Waals surface area contributed by atoms with E-state index in [-0.39, 0.29) is 5.92 Å². The Bertz CT molecular complexity index is 360. The average molecular weight is 171 g/mol. The Morgan fingerprint density at radius 1 is 1.31 bits per heavy atom. The van der Waals surface area contributed by atoms with E-state index in [2.05, 4.69) is 24.3 Å². The maximum absolute atomic E-state index is 8.79. The third-order valence-electron chi connectivity index (χ3n) is 2.82. The number of nitrogens with zero attached hydrogens (tertiary/aromatic N) is 1. The van der Waals surface area contributed by atoms with E-state index in [1.807, 2.05) is 6.92 Å². The normalized spacial score (nSPS) is 16.3. The summed E-state index contributed by atoms with van der Waals surface area (Å²) in [6.45, 7) is 1.96. The molecule has 0 spiro atoms. The molecule has 2 rings (SSSR count). The van der Waals surface area contributed by atoms with Gasteiger partial charge in [0.2, 0.25) is 0 Å². The highest BCUT2D eigenvalue weighted by molar-refractivity contribution is 5.37. The van der Waals surface area contributed by atoms with Gasteiger partial charge in [-0.05, 0) is 42.9 Å². The first kappa shape index (κ1) is 8.31. The van der Waals surface area contributed by atoms with Crippen LogP contribution in [0.15, 0.2) is 18.2 Å². The Labute approximate surface area is 79.0 Å². The molecule has 0 amide bonds. The Morgan fingerprint density at radius 3 is 2.85 bits per heavy atom. The van der Waals surface area contributed by atoms with Crippen LogP contribution in [0, 0.1) is 11.3 Å². The minimum Gasteiger partial charge on any atom is -0.198 e. The lowest BCUT2D eigenvalue weighted by atomic mass is 9.98. The van der Waals surface area contributed by atoms with Crippen molar-refractivity contribution < 1.29 is 0 Å². The van der Waals surface area contributed by atoms with Crippen LogP contribution in [0.25, 0.3) is 0 Å². The number of hydrogen-bond acceptors (Lipinski definition) is 1. The topological polar surface area (TPSA) is 23.8 Å². The Kier molecular flexibility index (Phi) is 2.06. The number of benzene rings is 1. The van der Waals surface area contributed by atoms with E-state index in [1.54, 1.807) is 0 Å². The number of hydrogen-bond donors (Lipinski definition) is 0. The lowest BCUT2D eigenvalue weighted by Crippen LogP contribution is -1.91. The van der Waals surface area contributed by atoms with Crippen LogP contribution in [-0.4, -0.2) is 0 Å². The SMILES string of the molecule is CC(C#N)c1ccc2c(c1)CCC2. The van der Waals surface area contributed by atoms with E-state index >= 15 is 0 Å². The highest BCUT2D eigenvalue weighted by Crippen LogP contribution is 2.25. The molecule has 1 aromatic carbocycles. The van der Waals surface area contributed by atoms with Crippen LogP contribution in [0.1, 0.15) is 36.0 Å². The van der Waals surface area contributed by atoms with Crippen molar-refractivity contribution in [3.8, 4) is 6.07 Å². The fourth-order valence-electron chi connectivity index (χ4n) is 1.94. The van der Waals surface area contributed by atoms with Gasteiger partial charge in [-0.15, -0.1) is 0 Å². The Morgan fingerprint density at radius 2 is 2.08 bits per heavy atom. The van der Waals surface area contributed by atoms with Gasteiger partial charge in [0, 0.05) is 0 Å². The molecule has 0 aliphatic heterocycles. The molecule has 0 N–H and O–H groups in total. The summed E-state index contributed by atoms with van der Waals surface area (Å²) in [5.74, 6) is 0.0332. The molecule has 66 valence electrons. The van der Waals surface area contributed by atoms with E-state index in [1.165, 1.54) is 36.0 Å². The first-order chi connectivity index (χ1) is 6.31.